The molecule has 1 aromatic heterocycles. The molecule has 0 saturated carbocycles. The average Bonchev–Trinajstić information content (AvgIpc) is 2.61. The van der Waals surface area contributed by atoms with Crippen molar-refractivity contribution >= 4 is 11.8 Å². The van der Waals surface area contributed by atoms with Crippen LogP contribution in [0.4, 0.5) is 11.8 Å². The molecule has 25 heavy (non-hydrogen) atoms. The standard InChI is InChI=1S/C21H28N4/c1-16-7-6-10-19(13-16)15-23-20-14-17(2)24-21(25-20)22-12-11-18-8-4-3-5-9-18/h6-8,10,13-14H,3-5,9,11-12,15H2,1-2H3,(H2,22,23,24,25). The summed E-state index contributed by atoms with van der Waals surface area (Å²) in [6.07, 6.45) is 8.65. The van der Waals surface area contributed by atoms with E-state index in [0.29, 0.717) is 5.95 Å². The molecule has 4 nitrogen and oxygen atoms in total. The Hall–Kier alpha value is -2.36. The molecule has 4 heteroatoms. The minimum absolute atomic E-state index is 0.711. The number of allylic oxidation sites excluding steroid dienone is 1. The zero-order valence-electron chi connectivity index (χ0n) is 15.3. The Balaban J connectivity index is 1.55. The van der Waals surface area contributed by atoms with Crippen molar-refractivity contribution in [2.45, 2.75) is 52.5 Å². The van der Waals surface area contributed by atoms with E-state index in [4.69, 9.17) is 0 Å². The lowest BCUT2D eigenvalue weighted by atomic mass is 9.97. The Morgan fingerprint density at radius 2 is 1.96 bits per heavy atom. The van der Waals surface area contributed by atoms with E-state index >= 15 is 0 Å². The Labute approximate surface area is 150 Å². The van der Waals surface area contributed by atoms with E-state index in [1.165, 1.54) is 36.8 Å². The van der Waals surface area contributed by atoms with Crippen LogP contribution in [-0.2, 0) is 6.54 Å². The van der Waals surface area contributed by atoms with Gasteiger partial charge in [-0.25, -0.2) is 4.98 Å². The van der Waals surface area contributed by atoms with Gasteiger partial charge in [-0.05, 0) is 51.5 Å². The summed E-state index contributed by atoms with van der Waals surface area (Å²) in [5.41, 5.74) is 5.08. The molecule has 2 N–H and O–H groups in total. The number of nitrogens with one attached hydrogen (secondary N) is 2. The van der Waals surface area contributed by atoms with Crippen molar-refractivity contribution in [3.05, 3.63) is 58.8 Å². The molecule has 1 heterocycles. The highest BCUT2D eigenvalue weighted by Gasteiger charge is 2.05. The summed E-state index contributed by atoms with van der Waals surface area (Å²) >= 11 is 0. The maximum absolute atomic E-state index is 4.60. The second-order valence-electron chi connectivity index (χ2n) is 6.85. The van der Waals surface area contributed by atoms with Gasteiger partial charge in [0.05, 0.1) is 0 Å². The summed E-state index contributed by atoms with van der Waals surface area (Å²) in [5.74, 6) is 1.58. The van der Waals surface area contributed by atoms with Gasteiger partial charge in [-0.1, -0.05) is 41.5 Å². The first-order chi connectivity index (χ1) is 12.2. The Morgan fingerprint density at radius 1 is 1.04 bits per heavy atom. The van der Waals surface area contributed by atoms with E-state index in [2.05, 4.69) is 57.9 Å². The topological polar surface area (TPSA) is 49.8 Å². The molecule has 3 rings (SSSR count). The van der Waals surface area contributed by atoms with E-state index in [1.807, 2.05) is 13.0 Å². The molecule has 0 saturated heterocycles. The molecule has 132 valence electrons. The molecule has 0 unspecified atom stereocenters. The van der Waals surface area contributed by atoms with E-state index in [0.717, 1.165) is 31.0 Å². The molecule has 0 spiro atoms. The average molecular weight is 336 g/mol. The fourth-order valence-electron chi connectivity index (χ4n) is 3.22. The van der Waals surface area contributed by atoms with E-state index < -0.39 is 0 Å². The summed E-state index contributed by atoms with van der Waals surface area (Å²) in [4.78, 5) is 9.10. The number of hydrogen-bond acceptors (Lipinski definition) is 4. The third-order valence-corrected chi connectivity index (χ3v) is 4.52. The van der Waals surface area contributed by atoms with Gasteiger partial charge in [0, 0.05) is 24.8 Å². The molecule has 0 amide bonds. The lowest BCUT2D eigenvalue weighted by Gasteiger charge is -2.13. The van der Waals surface area contributed by atoms with Crippen molar-refractivity contribution in [2.75, 3.05) is 17.2 Å². The van der Waals surface area contributed by atoms with Crippen LogP contribution in [0, 0.1) is 13.8 Å². The summed E-state index contributed by atoms with van der Waals surface area (Å²) in [5, 5.41) is 6.78. The van der Waals surface area contributed by atoms with Gasteiger partial charge in [-0.2, -0.15) is 4.98 Å². The van der Waals surface area contributed by atoms with Crippen molar-refractivity contribution in [1.82, 2.24) is 9.97 Å². The van der Waals surface area contributed by atoms with E-state index in [9.17, 15) is 0 Å². The minimum Gasteiger partial charge on any atom is -0.366 e. The molecule has 0 atom stereocenters. The number of aromatic nitrogens is 2. The van der Waals surface area contributed by atoms with Crippen LogP contribution in [0.5, 0.6) is 0 Å². The van der Waals surface area contributed by atoms with Crippen molar-refractivity contribution < 1.29 is 0 Å². The lowest BCUT2D eigenvalue weighted by molar-refractivity contribution is 0.679. The highest BCUT2D eigenvalue weighted by atomic mass is 15.1. The van der Waals surface area contributed by atoms with Gasteiger partial charge in [0.15, 0.2) is 0 Å². The number of hydrogen-bond donors (Lipinski definition) is 2. The first-order valence-electron chi connectivity index (χ1n) is 9.26. The van der Waals surface area contributed by atoms with Gasteiger partial charge in [0.1, 0.15) is 5.82 Å². The van der Waals surface area contributed by atoms with Crippen LogP contribution in [-0.4, -0.2) is 16.5 Å². The van der Waals surface area contributed by atoms with Crippen molar-refractivity contribution in [1.29, 1.82) is 0 Å². The van der Waals surface area contributed by atoms with Crippen molar-refractivity contribution in [2.24, 2.45) is 0 Å². The Bertz CT molecular complexity index is 736. The summed E-state index contributed by atoms with van der Waals surface area (Å²) < 4.78 is 0. The summed E-state index contributed by atoms with van der Waals surface area (Å²) in [6, 6.07) is 10.5. The quantitative estimate of drug-likeness (QED) is 0.698. The fraction of sp³-hybridized carbons (Fsp3) is 0.429. The number of anilines is 2. The molecule has 0 aliphatic heterocycles. The smallest absolute Gasteiger partial charge is 0.224 e. The van der Waals surface area contributed by atoms with E-state index in [-0.39, 0.29) is 0 Å². The zero-order chi connectivity index (χ0) is 17.5. The Kier molecular flexibility index (Phi) is 6.04. The van der Waals surface area contributed by atoms with Crippen molar-refractivity contribution in [3.63, 3.8) is 0 Å². The lowest BCUT2D eigenvalue weighted by Crippen LogP contribution is -2.10. The maximum Gasteiger partial charge on any atom is 0.224 e. The third-order valence-electron chi connectivity index (χ3n) is 4.52. The van der Waals surface area contributed by atoms with Crippen LogP contribution in [0.2, 0.25) is 0 Å². The molecule has 2 aromatic rings. The highest BCUT2D eigenvalue weighted by Crippen LogP contribution is 2.20. The zero-order valence-corrected chi connectivity index (χ0v) is 15.3. The summed E-state index contributed by atoms with van der Waals surface area (Å²) in [7, 11) is 0. The third kappa shape index (κ3) is 5.59. The van der Waals surface area contributed by atoms with Crippen LogP contribution in [0.1, 0.15) is 48.9 Å². The van der Waals surface area contributed by atoms with Gasteiger partial charge in [0.2, 0.25) is 5.95 Å². The number of rotatable bonds is 7. The molecular formula is C21H28N4. The number of aryl methyl sites for hydroxylation is 2. The fourth-order valence-corrected chi connectivity index (χ4v) is 3.22. The SMILES string of the molecule is Cc1cccc(CNc2cc(C)nc(NCCC3=CCCCC3)n2)c1. The first kappa shape index (κ1) is 17.5. The van der Waals surface area contributed by atoms with Crippen LogP contribution in [0.25, 0.3) is 0 Å². The normalized spacial score (nSPS) is 14.1. The summed E-state index contributed by atoms with van der Waals surface area (Å²) in [6.45, 7) is 5.79. The molecule has 0 fully saturated rings. The second kappa shape index (κ2) is 8.65. The highest BCUT2D eigenvalue weighted by molar-refractivity contribution is 5.43. The number of nitrogens with zero attached hydrogens (tertiary/aromatic N) is 2. The van der Waals surface area contributed by atoms with Crippen LogP contribution < -0.4 is 10.6 Å². The molecule has 0 radical (unpaired) electrons. The molecule has 1 aliphatic rings. The minimum atomic E-state index is 0.711. The largest absolute Gasteiger partial charge is 0.366 e. The van der Waals surface area contributed by atoms with Gasteiger partial charge in [-0.3, -0.25) is 0 Å². The number of benzene rings is 1. The van der Waals surface area contributed by atoms with Gasteiger partial charge in [0.25, 0.3) is 0 Å². The van der Waals surface area contributed by atoms with Gasteiger partial charge >= 0.3 is 0 Å². The van der Waals surface area contributed by atoms with E-state index in [1.54, 1.807) is 5.57 Å². The van der Waals surface area contributed by atoms with Crippen LogP contribution in [0.3, 0.4) is 0 Å². The monoisotopic (exact) mass is 336 g/mol. The Morgan fingerprint density at radius 3 is 2.76 bits per heavy atom. The van der Waals surface area contributed by atoms with Gasteiger partial charge in [-0.15, -0.1) is 0 Å². The maximum atomic E-state index is 4.60. The first-order valence-corrected chi connectivity index (χ1v) is 9.26. The molecular weight excluding hydrogens is 308 g/mol. The predicted molar refractivity (Wildman–Crippen MR) is 105 cm³/mol. The molecule has 1 aliphatic carbocycles. The second-order valence-corrected chi connectivity index (χ2v) is 6.85. The predicted octanol–water partition coefficient (Wildman–Crippen LogP) is 5.01. The van der Waals surface area contributed by atoms with Crippen molar-refractivity contribution in [3.8, 4) is 0 Å². The van der Waals surface area contributed by atoms with Gasteiger partial charge < -0.3 is 10.6 Å². The van der Waals surface area contributed by atoms with Crippen LogP contribution in [0.15, 0.2) is 42.0 Å². The molecule has 1 aromatic carbocycles. The van der Waals surface area contributed by atoms with Crippen LogP contribution >= 0.6 is 0 Å². The molecule has 0 bridgehead atoms.